The van der Waals surface area contributed by atoms with Gasteiger partial charge in [-0.15, -0.1) is 0 Å². The molecule has 0 aromatic heterocycles. The number of esters is 2. The molecule has 0 unspecified atom stereocenters. The van der Waals surface area contributed by atoms with Crippen LogP contribution in [0.1, 0.15) is 96.3 Å². The number of carbonyl (C=O) groups is 2. The highest BCUT2D eigenvalue weighted by atomic mass is 16.5. The van der Waals surface area contributed by atoms with Crippen molar-refractivity contribution in [3.63, 3.8) is 0 Å². The molecule has 5 heteroatoms. The molecule has 2 fully saturated rings. The minimum Gasteiger partial charge on any atom is -0.463 e. The van der Waals surface area contributed by atoms with Crippen molar-refractivity contribution in [2.45, 2.75) is 102 Å². The van der Waals surface area contributed by atoms with E-state index in [1.165, 1.54) is 76.4 Å². The summed E-state index contributed by atoms with van der Waals surface area (Å²) in [6, 6.07) is 0. The SMILES string of the molecule is C=CC(=O)OCCCCCOC1CCC(C2CCC(CCCCCOC(=O)C=C)CC2)CC1. The second-order valence-corrected chi connectivity index (χ2v) is 9.84. The summed E-state index contributed by atoms with van der Waals surface area (Å²) in [5.74, 6) is 2.09. The van der Waals surface area contributed by atoms with Crippen LogP contribution in [0.25, 0.3) is 0 Å². The maximum absolute atomic E-state index is 11.0. The maximum atomic E-state index is 11.0. The molecule has 0 spiro atoms. The average molecular weight is 463 g/mol. The van der Waals surface area contributed by atoms with Gasteiger partial charge in [-0.1, -0.05) is 45.3 Å². The molecular weight excluding hydrogens is 416 g/mol. The molecule has 0 atom stereocenters. The Kier molecular flexibility index (Phi) is 14.2. The van der Waals surface area contributed by atoms with Gasteiger partial charge in [-0.2, -0.15) is 0 Å². The van der Waals surface area contributed by atoms with E-state index in [4.69, 9.17) is 14.2 Å². The Morgan fingerprint density at radius 2 is 1.12 bits per heavy atom. The predicted octanol–water partition coefficient (Wildman–Crippen LogP) is 6.56. The Labute approximate surface area is 201 Å². The van der Waals surface area contributed by atoms with Crippen LogP contribution in [0.3, 0.4) is 0 Å². The molecule has 2 aliphatic carbocycles. The van der Waals surface area contributed by atoms with Crippen LogP contribution in [-0.2, 0) is 23.8 Å². The Morgan fingerprint density at radius 3 is 1.67 bits per heavy atom. The zero-order valence-electron chi connectivity index (χ0n) is 20.6. The molecule has 2 rings (SSSR count). The third-order valence-corrected chi connectivity index (χ3v) is 7.50. The second-order valence-electron chi connectivity index (χ2n) is 9.84. The molecule has 33 heavy (non-hydrogen) atoms. The topological polar surface area (TPSA) is 61.8 Å². The smallest absolute Gasteiger partial charge is 0.330 e. The van der Waals surface area contributed by atoms with E-state index < -0.39 is 0 Å². The number of unbranched alkanes of at least 4 members (excludes halogenated alkanes) is 4. The summed E-state index contributed by atoms with van der Waals surface area (Å²) in [6.45, 7) is 8.64. The lowest BCUT2D eigenvalue weighted by Crippen LogP contribution is -2.28. The van der Waals surface area contributed by atoms with Crippen molar-refractivity contribution in [2.24, 2.45) is 17.8 Å². The number of carbonyl (C=O) groups excluding carboxylic acids is 2. The van der Waals surface area contributed by atoms with E-state index in [0.717, 1.165) is 56.5 Å². The largest absolute Gasteiger partial charge is 0.463 e. The average Bonchev–Trinajstić information content (AvgIpc) is 2.86. The van der Waals surface area contributed by atoms with Gasteiger partial charge in [-0.3, -0.25) is 0 Å². The monoisotopic (exact) mass is 462 g/mol. The van der Waals surface area contributed by atoms with Crippen molar-refractivity contribution in [3.05, 3.63) is 25.3 Å². The lowest BCUT2D eigenvalue weighted by atomic mass is 9.70. The summed E-state index contributed by atoms with van der Waals surface area (Å²) in [6.07, 6.45) is 21.3. The fraction of sp³-hybridized carbons (Fsp3) is 0.786. The fourth-order valence-electron chi connectivity index (χ4n) is 5.48. The predicted molar refractivity (Wildman–Crippen MR) is 132 cm³/mol. The van der Waals surface area contributed by atoms with Gasteiger partial charge >= 0.3 is 11.9 Å². The van der Waals surface area contributed by atoms with Crippen LogP contribution in [0.2, 0.25) is 0 Å². The van der Waals surface area contributed by atoms with Gasteiger partial charge in [0.25, 0.3) is 0 Å². The van der Waals surface area contributed by atoms with Gasteiger partial charge in [0.15, 0.2) is 0 Å². The van der Waals surface area contributed by atoms with E-state index >= 15 is 0 Å². The van der Waals surface area contributed by atoms with Crippen LogP contribution in [0.5, 0.6) is 0 Å². The highest BCUT2D eigenvalue weighted by molar-refractivity contribution is 5.81. The summed E-state index contributed by atoms with van der Waals surface area (Å²) in [7, 11) is 0. The first-order valence-electron chi connectivity index (χ1n) is 13.3. The first kappa shape index (κ1) is 27.6. The highest BCUT2D eigenvalue weighted by Gasteiger charge is 2.30. The van der Waals surface area contributed by atoms with E-state index in [2.05, 4.69) is 13.2 Å². The van der Waals surface area contributed by atoms with Crippen LogP contribution in [0.15, 0.2) is 25.3 Å². The highest BCUT2D eigenvalue weighted by Crippen LogP contribution is 2.41. The van der Waals surface area contributed by atoms with Gasteiger partial charge < -0.3 is 14.2 Å². The van der Waals surface area contributed by atoms with Gasteiger partial charge in [0.05, 0.1) is 19.3 Å². The summed E-state index contributed by atoms with van der Waals surface area (Å²) < 4.78 is 16.2. The van der Waals surface area contributed by atoms with E-state index in [1.807, 2.05) is 0 Å². The molecule has 0 radical (unpaired) electrons. The summed E-state index contributed by atoms with van der Waals surface area (Å²) in [4.78, 5) is 22.0. The van der Waals surface area contributed by atoms with Crippen molar-refractivity contribution in [2.75, 3.05) is 19.8 Å². The Morgan fingerprint density at radius 1 is 0.636 bits per heavy atom. The summed E-state index contributed by atoms with van der Waals surface area (Å²) in [5.41, 5.74) is 0. The number of hydrogen-bond donors (Lipinski definition) is 0. The molecule has 0 amide bonds. The molecule has 2 aliphatic rings. The summed E-state index contributed by atoms with van der Waals surface area (Å²) in [5, 5.41) is 0. The zero-order chi connectivity index (χ0) is 23.7. The normalized spacial score (nSPS) is 25.2. The van der Waals surface area contributed by atoms with Crippen LogP contribution < -0.4 is 0 Å². The van der Waals surface area contributed by atoms with Gasteiger partial charge in [0, 0.05) is 18.8 Å². The van der Waals surface area contributed by atoms with Crippen molar-refractivity contribution >= 4 is 11.9 Å². The zero-order valence-corrected chi connectivity index (χ0v) is 20.6. The van der Waals surface area contributed by atoms with Crippen molar-refractivity contribution in [3.8, 4) is 0 Å². The fourth-order valence-corrected chi connectivity index (χ4v) is 5.48. The molecule has 0 saturated heterocycles. The van der Waals surface area contributed by atoms with Crippen LogP contribution in [0, 0.1) is 17.8 Å². The molecule has 0 bridgehead atoms. The first-order chi connectivity index (χ1) is 16.1. The Balaban J connectivity index is 1.44. The van der Waals surface area contributed by atoms with Crippen LogP contribution in [-0.4, -0.2) is 37.9 Å². The number of hydrogen-bond acceptors (Lipinski definition) is 5. The molecule has 0 heterocycles. The van der Waals surface area contributed by atoms with E-state index in [1.54, 1.807) is 0 Å². The minimum atomic E-state index is -0.336. The lowest BCUT2D eigenvalue weighted by molar-refractivity contribution is -0.138. The van der Waals surface area contributed by atoms with Crippen LogP contribution >= 0.6 is 0 Å². The molecule has 0 aromatic carbocycles. The Hall–Kier alpha value is -1.62. The van der Waals surface area contributed by atoms with E-state index in [-0.39, 0.29) is 11.9 Å². The number of ether oxygens (including phenoxy) is 3. The quantitative estimate of drug-likeness (QED) is 0.148. The molecule has 0 N–H and O–H groups in total. The molecule has 0 aromatic rings. The number of rotatable bonds is 16. The second kappa shape index (κ2) is 16.9. The third kappa shape index (κ3) is 11.9. The minimum absolute atomic E-state index is 0.311. The Bertz CT molecular complexity index is 571. The lowest BCUT2D eigenvalue weighted by Gasteiger charge is -2.38. The maximum Gasteiger partial charge on any atom is 0.330 e. The van der Waals surface area contributed by atoms with Crippen LogP contribution in [0.4, 0.5) is 0 Å². The molecular formula is C28H46O5. The van der Waals surface area contributed by atoms with Gasteiger partial charge in [-0.05, 0) is 82.0 Å². The van der Waals surface area contributed by atoms with E-state index in [9.17, 15) is 9.59 Å². The third-order valence-electron chi connectivity index (χ3n) is 7.50. The van der Waals surface area contributed by atoms with E-state index in [0.29, 0.717) is 19.3 Å². The summed E-state index contributed by atoms with van der Waals surface area (Å²) >= 11 is 0. The molecule has 5 nitrogen and oxygen atoms in total. The van der Waals surface area contributed by atoms with Crippen molar-refractivity contribution in [1.29, 1.82) is 0 Å². The van der Waals surface area contributed by atoms with Gasteiger partial charge in [0.2, 0.25) is 0 Å². The molecule has 0 aliphatic heterocycles. The van der Waals surface area contributed by atoms with Crippen molar-refractivity contribution in [1.82, 2.24) is 0 Å². The molecule has 188 valence electrons. The standard InChI is InChI=1S/C28H46O5/c1-3-27(29)32-21-8-5-7-11-23-12-14-24(15-13-23)25-16-18-26(19-17-25)31-20-9-6-10-22-33-28(30)4-2/h3-4,23-26H,1-2,5-22H2. The molecule has 2 saturated carbocycles. The van der Waals surface area contributed by atoms with Crippen molar-refractivity contribution < 1.29 is 23.8 Å². The van der Waals surface area contributed by atoms with Gasteiger partial charge in [0.1, 0.15) is 0 Å². The first-order valence-corrected chi connectivity index (χ1v) is 13.3. The van der Waals surface area contributed by atoms with Gasteiger partial charge in [-0.25, -0.2) is 9.59 Å².